The molecule has 3 rings (SSSR count). The fourth-order valence-corrected chi connectivity index (χ4v) is 3.21. The summed E-state index contributed by atoms with van der Waals surface area (Å²) in [4.78, 5) is 14.6. The molecule has 92 valence electrons. The third-order valence-corrected chi connectivity index (χ3v) is 4.23. The first-order chi connectivity index (χ1) is 8.56. The van der Waals surface area contributed by atoms with Crippen molar-refractivity contribution in [1.82, 2.24) is 0 Å². The minimum atomic E-state index is 0.150. The average Bonchev–Trinajstić information content (AvgIpc) is 2.80. The Bertz CT molecular complexity index is 645. The van der Waals surface area contributed by atoms with Crippen LogP contribution in [-0.2, 0) is 11.2 Å². The van der Waals surface area contributed by atoms with E-state index in [2.05, 4.69) is 19.1 Å². The fraction of sp³-hybridized carbons (Fsp3) is 0.214. The molecule has 2 N–H and O–H groups in total. The van der Waals surface area contributed by atoms with Gasteiger partial charge < -0.3 is 10.6 Å². The van der Waals surface area contributed by atoms with Gasteiger partial charge in [-0.1, -0.05) is 6.07 Å². The van der Waals surface area contributed by atoms with Crippen molar-refractivity contribution in [2.75, 3.05) is 17.7 Å². The van der Waals surface area contributed by atoms with Crippen molar-refractivity contribution in [3.8, 4) is 11.1 Å². The Labute approximate surface area is 110 Å². The van der Waals surface area contributed by atoms with E-state index >= 15 is 0 Å². The Hall–Kier alpha value is -1.81. The summed E-state index contributed by atoms with van der Waals surface area (Å²) >= 11 is 1.60. The standard InChI is InChI=1S/C14H14N2OS/c1-8-5-11(14(15)18-8)9-3-4-12-10(6-9)7-13(17)16(12)2/h3-6H,7,15H2,1-2H3. The number of rotatable bonds is 1. The lowest BCUT2D eigenvalue weighted by Gasteiger charge is -2.10. The van der Waals surface area contributed by atoms with Crippen molar-refractivity contribution in [3.63, 3.8) is 0 Å². The van der Waals surface area contributed by atoms with Gasteiger partial charge in [0.15, 0.2) is 0 Å². The molecule has 2 aromatic rings. The van der Waals surface area contributed by atoms with Crippen molar-refractivity contribution in [2.24, 2.45) is 0 Å². The number of aryl methyl sites for hydroxylation is 1. The van der Waals surface area contributed by atoms with E-state index in [1.54, 1.807) is 16.2 Å². The lowest BCUT2D eigenvalue weighted by molar-refractivity contribution is -0.117. The van der Waals surface area contributed by atoms with Crippen molar-refractivity contribution >= 4 is 27.9 Å². The highest BCUT2D eigenvalue weighted by molar-refractivity contribution is 7.16. The number of fused-ring (bicyclic) bond motifs is 1. The van der Waals surface area contributed by atoms with E-state index in [1.165, 1.54) is 4.88 Å². The van der Waals surface area contributed by atoms with Gasteiger partial charge in [0.25, 0.3) is 0 Å². The topological polar surface area (TPSA) is 46.3 Å². The van der Waals surface area contributed by atoms with Gasteiger partial charge >= 0.3 is 0 Å². The summed E-state index contributed by atoms with van der Waals surface area (Å²) in [5.41, 5.74) is 10.3. The second kappa shape index (κ2) is 3.85. The Kier molecular flexibility index (Phi) is 2.41. The quantitative estimate of drug-likeness (QED) is 0.855. The van der Waals surface area contributed by atoms with Gasteiger partial charge in [0.1, 0.15) is 0 Å². The molecule has 0 spiro atoms. The van der Waals surface area contributed by atoms with Crippen LogP contribution < -0.4 is 10.6 Å². The molecule has 0 saturated carbocycles. The first-order valence-corrected chi connectivity index (χ1v) is 6.63. The van der Waals surface area contributed by atoms with Crippen LogP contribution >= 0.6 is 11.3 Å². The van der Waals surface area contributed by atoms with E-state index in [4.69, 9.17) is 5.73 Å². The van der Waals surface area contributed by atoms with Gasteiger partial charge in [-0.05, 0) is 36.2 Å². The zero-order chi connectivity index (χ0) is 12.9. The SMILES string of the molecule is Cc1cc(-c2ccc3c(c2)CC(=O)N3C)c(N)s1. The Morgan fingerprint density at radius 1 is 1.33 bits per heavy atom. The van der Waals surface area contributed by atoms with E-state index in [0.717, 1.165) is 27.4 Å². The Morgan fingerprint density at radius 3 is 2.78 bits per heavy atom. The van der Waals surface area contributed by atoms with Crippen LogP contribution in [0.25, 0.3) is 11.1 Å². The zero-order valence-electron chi connectivity index (χ0n) is 10.4. The summed E-state index contributed by atoms with van der Waals surface area (Å²) in [5.74, 6) is 0.150. The first-order valence-electron chi connectivity index (χ1n) is 5.82. The number of anilines is 2. The summed E-state index contributed by atoms with van der Waals surface area (Å²) in [6.45, 7) is 2.05. The minimum absolute atomic E-state index is 0.150. The van der Waals surface area contributed by atoms with Crippen molar-refractivity contribution < 1.29 is 4.79 Å². The van der Waals surface area contributed by atoms with Gasteiger partial charge in [0.2, 0.25) is 5.91 Å². The maximum Gasteiger partial charge on any atom is 0.231 e. The molecule has 4 heteroatoms. The number of hydrogen-bond acceptors (Lipinski definition) is 3. The van der Waals surface area contributed by atoms with Crippen LogP contribution in [0.15, 0.2) is 24.3 Å². The van der Waals surface area contributed by atoms with Gasteiger partial charge in [0, 0.05) is 23.2 Å². The summed E-state index contributed by atoms with van der Waals surface area (Å²) in [6, 6.07) is 8.21. The van der Waals surface area contributed by atoms with Gasteiger partial charge in [-0.15, -0.1) is 11.3 Å². The molecule has 0 atom stereocenters. The number of carbonyl (C=O) groups excluding carboxylic acids is 1. The molecule has 0 aliphatic carbocycles. The number of thiophene rings is 1. The predicted octanol–water partition coefficient (Wildman–Crippen LogP) is 2.82. The number of likely N-dealkylation sites (N-methyl/N-ethyl adjacent to an activating group) is 1. The van der Waals surface area contributed by atoms with Crippen LogP contribution in [0.4, 0.5) is 10.7 Å². The second-order valence-electron chi connectivity index (χ2n) is 4.61. The van der Waals surface area contributed by atoms with Gasteiger partial charge in [-0.25, -0.2) is 0 Å². The highest BCUT2D eigenvalue weighted by Gasteiger charge is 2.24. The molecule has 18 heavy (non-hydrogen) atoms. The zero-order valence-corrected chi connectivity index (χ0v) is 11.2. The van der Waals surface area contributed by atoms with E-state index in [1.807, 2.05) is 19.2 Å². The minimum Gasteiger partial charge on any atom is -0.390 e. The molecule has 0 saturated heterocycles. The molecular weight excluding hydrogens is 244 g/mol. The largest absolute Gasteiger partial charge is 0.390 e. The number of nitrogen functional groups attached to an aromatic ring is 1. The molecule has 0 unspecified atom stereocenters. The van der Waals surface area contributed by atoms with Crippen LogP contribution in [-0.4, -0.2) is 13.0 Å². The third kappa shape index (κ3) is 1.61. The maximum atomic E-state index is 11.7. The number of amides is 1. The highest BCUT2D eigenvalue weighted by Crippen LogP contribution is 2.37. The van der Waals surface area contributed by atoms with Crippen LogP contribution in [0.1, 0.15) is 10.4 Å². The van der Waals surface area contributed by atoms with E-state index < -0.39 is 0 Å². The average molecular weight is 258 g/mol. The fourth-order valence-electron chi connectivity index (χ4n) is 2.40. The van der Waals surface area contributed by atoms with Crippen LogP contribution in [0.5, 0.6) is 0 Å². The monoisotopic (exact) mass is 258 g/mol. The molecule has 1 aliphatic rings. The van der Waals surface area contributed by atoms with Crippen LogP contribution in [0, 0.1) is 6.92 Å². The first kappa shape index (κ1) is 11.3. The molecule has 0 radical (unpaired) electrons. The molecule has 0 fully saturated rings. The van der Waals surface area contributed by atoms with E-state index in [-0.39, 0.29) is 5.91 Å². The summed E-state index contributed by atoms with van der Waals surface area (Å²) < 4.78 is 0. The number of benzene rings is 1. The Morgan fingerprint density at radius 2 is 2.11 bits per heavy atom. The summed E-state index contributed by atoms with van der Waals surface area (Å²) in [6.07, 6.45) is 0.489. The van der Waals surface area contributed by atoms with E-state index in [0.29, 0.717) is 6.42 Å². The van der Waals surface area contributed by atoms with Gasteiger partial charge in [0.05, 0.1) is 11.4 Å². The maximum absolute atomic E-state index is 11.7. The van der Waals surface area contributed by atoms with Gasteiger partial charge in [-0.2, -0.15) is 0 Å². The van der Waals surface area contributed by atoms with Crippen molar-refractivity contribution in [2.45, 2.75) is 13.3 Å². The normalized spacial score (nSPS) is 14.1. The van der Waals surface area contributed by atoms with Crippen molar-refractivity contribution in [3.05, 3.63) is 34.7 Å². The number of nitrogens with two attached hydrogens (primary N) is 1. The smallest absolute Gasteiger partial charge is 0.231 e. The van der Waals surface area contributed by atoms with Crippen molar-refractivity contribution in [1.29, 1.82) is 0 Å². The molecule has 1 amide bonds. The lowest BCUT2D eigenvalue weighted by Crippen LogP contribution is -2.20. The van der Waals surface area contributed by atoms with Crippen LogP contribution in [0.2, 0.25) is 0 Å². The second-order valence-corrected chi connectivity index (χ2v) is 5.90. The molecule has 1 aromatic heterocycles. The Balaban J connectivity index is 2.09. The third-order valence-electron chi connectivity index (χ3n) is 3.35. The predicted molar refractivity (Wildman–Crippen MR) is 76.0 cm³/mol. The molecule has 1 aromatic carbocycles. The number of nitrogens with zero attached hydrogens (tertiary/aromatic N) is 1. The number of carbonyl (C=O) groups is 1. The molecular formula is C14H14N2OS. The molecule has 1 aliphatic heterocycles. The number of hydrogen-bond donors (Lipinski definition) is 1. The lowest BCUT2D eigenvalue weighted by atomic mass is 10.0. The summed E-state index contributed by atoms with van der Waals surface area (Å²) in [5, 5.41) is 0.838. The van der Waals surface area contributed by atoms with Crippen LogP contribution in [0.3, 0.4) is 0 Å². The molecule has 0 bridgehead atoms. The molecule has 2 heterocycles. The summed E-state index contributed by atoms with van der Waals surface area (Å²) in [7, 11) is 1.82. The molecule has 3 nitrogen and oxygen atoms in total. The van der Waals surface area contributed by atoms with Gasteiger partial charge in [-0.3, -0.25) is 4.79 Å². The van der Waals surface area contributed by atoms with E-state index in [9.17, 15) is 4.79 Å². The highest BCUT2D eigenvalue weighted by atomic mass is 32.1.